The first kappa shape index (κ1) is 13.7. The zero-order chi connectivity index (χ0) is 13.7. The quantitative estimate of drug-likeness (QED) is 0.637. The fourth-order valence-electron chi connectivity index (χ4n) is 2.24. The largest absolute Gasteiger partial charge is 0.271 e. The van der Waals surface area contributed by atoms with Crippen molar-refractivity contribution in [2.24, 2.45) is 5.84 Å². The van der Waals surface area contributed by atoms with Crippen molar-refractivity contribution in [3.8, 4) is 0 Å². The van der Waals surface area contributed by atoms with Crippen LogP contribution in [0.25, 0.3) is 0 Å². The number of halogens is 1. The molecule has 3 heteroatoms. The third-order valence-electron chi connectivity index (χ3n) is 3.23. The summed E-state index contributed by atoms with van der Waals surface area (Å²) in [6.45, 7) is 2.15. The first-order valence-electron chi connectivity index (χ1n) is 6.55. The molecule has 0 spiro atoms. The van der Waals surface area contributed by atoms with Crippen molar-refractivity contribution in [3.63, 3.8) is 0 Å². The first-order valence-corrected chi connectivity index (χ1v) is 6.55. The Kier molecular flexibility index (Phi) is 4.66. The van der Waals surface area contributed by atoms with Gasteiger partial charge < -0.3 is 0 Å². The molecule has 1 atom stereocenters. The monoisotopic (exact) mass is 258 g/mol. The van der Waals surface area contributed by atoms with Crippen molar-refractivity contribution in [2.45, 2.75) is 25.8 Å². The molecule has 0 aliphatic heterocycles. The fraction of sp³-hybridized carbons (Fsp3) is 0.250. The van der Waals surface area contributed by atoms with Crippen molar-refractivity contribution in [1.29, 1.82) is 0 Å². The third-order valence-corrected chi connectivity index (χ3v) is 3.23. The lowest BCUT2D eigenvalue weighted by Crippen LogP contribution is -2.29. The molecule has 2 aromatic rings. The minimum absolute atomic E-state index is 0.247. The molecule has 100 valence electrons. The van der Waals surface area contributed by atoms with Crippen molar-refractivity contribution < 1.29 is 4.39 Å². The summed E-state index contributed by atoms with van der Waals surface area (Å²) in [5.41, 5.74) is 5.50. The highest BCUT2D eigenvalue weighted by Gasteiger charge is 2.15. The molecule has 0 bridgehead atoms. The lowest BCUT2D eigenvalue weighted by atomic mass is 9.97. The van der Waals surface area contributed by atoms with Crippen LogP contribution in [-0.2, 0) is 6.42 Å². The normalized spacial score (nSPS) is 12.4. The van der Waals surface area contributed by atoms with Crippen LogP contribution < -0.4 is 11.3 Å². The van der Waals surface area contributed by atoms with E-state index in [0.29, 0.717) is 5.56 Å². The van der Waals surface area contributed by atoms with E-state index < -0.39 is 0 Å². The Morgan fingerprint density at radius 1 is 1.11 bits per heavy atom. The molecule has 0 amide bonds. The molecule has 19 heavy (non-hydrogen) atoms. The average Bonchev–Trinajstić information content (AvgIpc) is 2.44. The summed E-state index contributed by atoms with van der Waals surface area (Å²) in [4.78, 5) is 0. The van der Waals surface area contributed by atoms with Crippen molar-refractivity contribution in [3.05, 3.63) is 71.0 Å². The van der Waals surface area contributed by atoms with Gasteiger partial charge in [0.05, 0.1) is 6.04 Å². The van der Waals surface area contributed by atoms with Crippen molar-refractivity contribution in [2.75, 3.05) is 0 Å². The van der Waals surface area contributed by atoms with E-state index in [1.165, 1.54) is 11.6 Å². The Bertz CT molecular complexity index is 523. The van der Waals surface area contributed by atoms with Gasteiger partial charge in [-0.1, -0.05) is 55.8 Å². The van der Waals surface area contributed by atoms with Crippen LogP contribution in [-0.4, -0.2) is 0 Å². The van der Waals surface area contributed by atoms with Crippen LogP contribution in [0, 0.1) is 5.82 Å². The Morgan fingerprint density at radius 3 is 2.37 bits per heavy atom. The molecule has 0 aliphatic rings. The molecule has 2 rings (SSSR count). The highest BCUT2D eigenvalue weighted by Crippen LogP contribution is 2.24. The number of aryl methyl sites for hydroxylation is 1. The molecule has 2 nitrogen and oxygen atoms in total. The molecule has 0 aromatic heterocycles. The lowest BCUT2D eigenvalue weighted by Gasteiger charge is -2.18. The highest BCUT2D eigenvalue weighted by molar-refractivity contribution is 5.34. The van der Waals surface area contributed by atoms with Crippen LogP contribution >= 0.6 is 0 Å². The minimum atomic E-state index is -0.322. The molecule has 0 saturated heterocycles. The first-order chi connectivity index (χ1) is 9.26. The van der Waals surface area contributed by atoms with Crippen LogP contribution in [0.2, 0.25) is 0 Å². The van der Waals surface area contributed by atoms with E-state index in [4.69, 9.17) is 5.84 Å². The molecule has 2 aromatic carbocycles. The van der Waals surface area contributed by atoms with E-state index in [1.54, 1.807) is 12.1 Å². The molecule has 3 N–H and O–H groups in total. The predicted octanol–water partition coefficient (Wildman–Crippen LogP) is 3.33. The summed E-state index contributed by atoms with van der Waals surface area (Å²) in [5.74, 6) is 5.34. The molecular formula is C16H19FN2. The average molecular weight is 258 g/mol. The third kappa shape index (κ3) is 3.19. The van der Waals surface area contributed by atoms with Gasteiger partial charge in [0.15, 0.2) is 0 Å². The van der Waals surface area contributed by atoms with Gasteiger partial charge in [-0.25, -0.2) is 9.82 Å². The molecule has 1 unspecified atom stereocenters. The van der Waals surface area contributed by atoms with Gasteiger partial charge in [0.25, 0.3) is 0 Å². The summed E-state index contributed by atoms with van der Waals surface area (Å²) in [6.07, 6.45) is 2.17. The summed E-state index contributed by atoms with van der Waals surface area (Å²) >= 11 is 0. The summed E-state index contributed by atoms with van der Waals surface area (Å²) in [5, 5.41) is 0. The lowest BCUT2D eigenvalue weighted by molar-refractivity contribution is 0.560. The SMILES string of the molecule is CCCc1ccc(C(NN)c2ccccc2F)cc1. The van der Waals surface area contributed by atoms with Gasteiger partial charge in [-0.3, -0.25) is 5.84 Å². The second kappa shape index (κ2) is 6.45. The minimum Gasteiger partial charge on any atom is -0.271 e. The van der Waals surface area contributed by atoms with Crippen LogP contribution in [0.3, 0.4) is 0 Å². The number of hydrogen-bond donors (Lipinski definition) is 2. The molecule has 0 aliphatic carbocycles. The standard InChI is InChI=1S/C16H19FN2/c1-2-5-12-8-10-13(11-9-12)16(19-18)14-6-3-4-7-15(14)17/h3-4,6-11,16,19H,2,5,18H2,1H3. The second-order valence-electron chi connectivity index (χ2n) is 4.61. The Balaban J connectivity index is 2.29. The van der Waals surface area contributed by atoms with E-state index in [9.17, 15) is 4.39 Å². The molecule has 0 saturated carbocycles. The van der Waals surface area contributed by atoms with Gasteiger partial charge in [0.2, 0.25) is 0 Å². The van der Waals surface area contributed by atoms with Gasteiger partial charge in [-0.05, 0) is 23.6 Å². The second-order valence-corrected chi connectivity index (χ2v) is 4.61. The number of hydrazine groups is 1. The molecular weight excluding hydrogens is 239 g/mol. The van der Waals surface area contributed by atoms with E-state index in [2.05, 4.69) is 24.5 Å². The van der Waals surface area contributed by atoms with Crippen molar-refractivity contribution >= 4 is 0 Å². The van der Waals surface area contributed by atoms with E-state index in [0.717, 1.165) is 18.4 Å². The van der Waals surface area contributed by atoms with Gasteiger partial charge in [-0.2, -0.15) is 0 Å². The predicted molar refractivity (Wildman–Crippen MR) is 76.0 cm³/mol. The van der Waals surface area contributed by atoms with Crippen LogP contribution in [0.4, 0.5) is 4.39 Å². The van der Waals surface area contributed by atoms with Crippen LogP contribution in [0.1, 0.15) is 36.1 Å². The molecule has 0 heterocycles. The highest BCUT2D eigenvalue weighted by atomic mass is 19.1. The Morgan fingerprint density at radius 2 is 1.79 bits per heavy atom. The van der Waals surface area contributed by atoms with Crippen molar-refractivity contribution in [1.82, 2.24) is 5.43 Å². The number of rotatable bonds is 5. The van der Waals surface area contributed by atoms with Gasteiger partial charge in [0, 0.05) is 5.56 Å². The van der Waals surface area contributed by atoms with Gasteiger partial charge in [0.1, 0.15) is 5.82 Å². The maximum Gasteiger partial charge on any atom is 0.128 e. The number of benzene rings is 2. The van der Waals surface area contributed by atoms with Crippen LogP contribution in [0.5, 0.6) is 0 Å². The summed E-state index contributed by atoms with van der Waals surface area (Å²) in [7, 11) is 0. The maximum atomic E-state index is 13.8. The number of nitrogens with two attached hydrogens (primary N) is 1. The summed E-state index contributed by atoms with van der Waals surface area (Å²) in [6, 6.07) is 14.5. The smallest absolute Gasteiger partial charge is 0.128 e. The summed E-state index contributed by atoms with van der Waals surface area (Å²) < 4.78 is 13.8. The van der Waals surface area contributed by atoms with E-state index >= 15 is 0 Å². The van der Waals surface area contributed by atoms with E-state index in [1.807, 2.05) is 18.2 Å². The zero-order valence-corrected chi connectivity index (χ0v) is 11.1. The Labute approximate surface area is 113 Å². The van der Waals surface area contributed by atoms with Crippen LogP contribution in [0.15, 0.2) is 48.5 Å². The topological polar surface area (TPSA) is 38.0 Å². The molecule has 0 radical (unpaired) electrons. The van der Waals surface area contributed by atoms with Gasteiger partial charge >= 0.3 is 0 Å². The Hall–Kier alpha value is -1.71. The maximum absolute atomic E-state index is 13.8. The zero-order valence-electron chi connectivity index (χ0n) is 11.1. The number of nitrogens with one attached hydrogen (secondary N) is 1. The van der Waals surface area contributed by atoms with E-state index in [-0.39, 0.29) is 11.9 Å². The molecule has 0 fully saturated rings. The van der Waals surface area contributed by atoms with Gasteiger partial charge in [-0.15, -0.1) is 0 Å². The fourth-order valence-corrected chi connectivity index (χ4v) is 2.24. The number of hydrogen-bond acceptors (Lipinski definition) is 2.